The van der Waals surface area contributed by atoms with Crippen molar-refractivity contribution >= 4 is 11.7 Å². The minimum Gasteiger partial charge on any atom is -0.497 e. The van der Waals surface area contributed by atoms with Crippen molar-refractivity contribution in [3.8, 4) is 17.2 Å². The number of methoxy groups -OCH3 is 2. The highest BCUT2D eigenvalue weighted by atomic mass is 19.1. The van der Waals surface area contributed by atoms with Crippen molar-refractivity contribution in [2.75, 3.05) is 32.7 Å². The van der Waals surface area contributed by atoms with Crippen molar-refractivity contribution in [1.29, 1.82) is 0 Å². The van der Waals surface area contributed by atoms with Gasteiger partial charge >= 0.3 is 6.03 Å². The van der Waals surface area contributed by atoms with Crippen LogP contribution in [0.4, 0.5) is 19.3 Å². The number of hydrogen-bond donors (Lipinski definition) is 2. The second-order valence-electron chi connectivity index (χ2n) is 4.87. The molecule has 134 valence electrons. The Kier molecular flexibility index (Phi) is 6.39. The zero-order chi connectivity index (χ0) is 18.2. The molecule has 0 saturated carbocycles. The second kappa shape index (κ2) is 8.72. The van der Waals surface area contributed by atoms with Crippen molar-refractivity contribution < 1.29 is 27.8 Å². The standard InChI is InChI=1S/C17H18F2N2O4/c1-23-12-4-5-14(16(10-12)24-2)21-17(22)20-7-8-25-15-6-3-11(18)9-13(15)19/h3-6,9-10H,7-8H2,1-2H3,(H2,20,21,22). The summed E-state index contributed by atoms with van der Waals surface area (Å²) in [5.74, 6) is -0.527. The van der Waals surface area contributed by atoms with Crippen LogP contribution in [0.2, 0.25) is 0 Å². The van der Waals surface area contributed by atoms with Gasteiger partial charge in [0.25, 0.3) is 0 Å². The van der Waals surface area contributed by atoms with Gasteiger partial charge in [0, 0.05) is 12.1 Å². The summed E-state index contributed by atoms with van der Waals surface area (Å²) in [6, 6.07) is 7.48. The number of carbonyl (C=O) groups is 1. The Morgan fingerprint density at radius 2 is 1.84 bits per heavy atom. The van der Waals surface area contributed by atoms with Crippen LogP contribution in [-0.2, 0) is 0 Å². The third-order valence-corrected chi connectivity index (χ3v) is 3.20. The number of hydrogen-bond acceptors (Lipinski definition) is 4. The Morgan fingerprint density at radius 3 is 2.52 bits per heavy atom. The van der Waals surface area contributed by atoms with Gasteiger partial charge in [-0.25, -0.2) is 13.6 Å². The maximum atomic E-state index is 13.4. The molecule has 0 aliphatic rings. The molecule has 2 aromatic carbocycles. The molecule has 0 fully saturated rings. The molecule has 0 bridgehead atoms. The van der Waals surface area contributed by atoms with Crippen molar-refractivity contribution in [1.82, 2.24) is 5.32 Å². The van der Waals surface area contributed by atoms with Gasteiger partial charge < -0.3 is 24.8 Å². The van der Waals surface area contributed by atoms with Crippen molar-refractivity contribution in [3.63, 3.8) is 0 Å². The normalized spacial score (nSPS) is 10.1. The van der Waals surface area contributed by atoms with E-state index in [0.29, 0.717) is 17.2 Å². The van der Waals surface area contributed by atoms with Gasteiger partial charge in [-0.05, 0) is 24.3 Å². The highest BCUT2D eigenvalue weighted by Crippen LogP contribution is 2.28. The quantitative estimate of drug-likeness (QED) is 0.751. The summed E-state index contributed by atoms with van der Waals surface area (Å²) in [6.45, 7) is 0.150. The van der Waals surface area contributed by atoms with E-state index < -0.39 is 17.7 Å². The van der Waals surface area contributed by atoms with E-state index in [2.05, 4.69) is 10.6 Å². The third-order valence-electron chi connectivity index (χ3n) is 3.20. The number of ether oxygens (including phenoxy) is 3. The second-order valence-corrected chi connectivity index (χ2v) is 4.87. The Bertz CT molecular complexity index is 741. The number of anilines is 1. The maximum Gasteiger partial charge on any atom is 0.319 e. The predicted molar refractivity (Wildman–Crippen MR) is 88.4 cm³/mol. The smallest absolute Gasteiger partial charge is 0.319 e. The van der Waals surface area contributed by atoms with E-state index in [4.69, 9.17) is 14.2 Å². The van der Waals surface area contributed by atoms with Crippen LogP contribution >= 0.6 is 0 Å². The molecule has 25 heavy (non-hydrogen) atoms. The van der Waals surface area contributed by atoms with E-state index >= 15 is 0 Å². The van der Waals surface area contributed by atoms with E-state index in [9.17, 15) is 13.6 Å². The molecule has 6 nitrogen and oxygen atoms in total. The molecule has 0 unspecified atom stereocenters. The molecule has 0 radical (unpaired) electrons. The lowest BCUT2D eigenvalue weighted by molar-refractivity contribution is 0.246. The van der Waals surface area contributed by atoms with Crippen LogP contribution in [0.15, 0.2) is 36.4 Å². The van der Waals surface area contributed by atoms with Crippen molar-refractivity contribution in [3.05, 3.63) is 48.0 Å². The number of benzene rings is 2. The average molecular weight is 352 g/mol. The zero-order valence-corrected chi connectivity index (χ0v) is 13.8. The summed E-state index contributed by atoms with van der Waals surface area (Å²) in [4.78, 5) is 11.9. The Balaban J connectivity index is 1.81. The Labute approximate surface area is 143 Å². The number of carbonyl (C=O) groups excluding carboxylic acids is 1. The molecule has 2 rings (SSSR count). The van der Waals surface area contributed by atoms with Crippen LogP contribution in [0.3, 0.4) is 0 Å². The lowest BCUT2D eigenvalue weighted by Crippen LogP contribution is -2.32. The van der Waals surface area contributed by atoms with Crippen molar-refractivity contribution in [2.24, 2.45) is 0 Å². The van der Waals surface area contributed by atoms with Gasteiger partial charge in [0.1, 0.15) is 23.9 Å². The summed E-state index contributed by atoms with van der Waals surface area (Å²) in [5.41, 5.74) is 0.464. The van der Waals surface area contributed by atoms with Crippen LogP contribution in [0.25, 0.3) is 0 Å². The SMILES string of the molecule is COc1ccc(NC(=O)NCCOc2ccc(F)cc2F)c(OC)c1. The summed E-state index contributed by atoms with van der Waals surface area (Å²) in [6.07, 6.45) is 0. The van der Waals surface area contributed by atoms with Crippen LogP contribution in [0.5, 0.6) is 17.2 Å². The number of amides is 2. The fourth-order valence-corrected chi connectivity index (χ4v) is 1.99. The molecule has 0 spiro atoms. The van der Waals surface area contributed by atoms with Gasteiger partial charge in [-0.2, -0.15) is 0 Å². The first kappa shape index (κ1) is 18.3. The van der Waals surface area contributed by atoms with Crippen LogP contribution in [0, 0.1) is 11.6 Å². The van der Waals surface area contributed by atoms with Gasteiger partial charge in [0.15, 0.2) is 11.6 Å². The molecular weight excluding hydrogens is 334 g/mol. The summed E-state index contributed by atoms with van der Waals surface area (Å²) < 4.78 is 41.6. The fraction of sp³-hybridized carbons (Fsp3) is 0.235. The van der Waals surface area contributed by atoms with Gasteiger partial charge in [0.05, 0.1) is 26.5 Å². The number of urea groups is 1. The van der Waals surface area contributed by atoms with E-state index in [-0.39, 0.29) is 18.9 Å². The van der Waals surface area contributed by atoms with Crippen LogP contribution in [-0.4, -0.2) is 33.4 Å². The molecule has 0 saturated heterocycles. The molecule has 0 atom stereocenters. The number of rotatable bonds is 7. The first-order chi connectivity index (χ1) is 12.0. The molecule has 0 aliphatic carbocycles. The maximum absolute atomic E-state index is 13.4. The minimum absolute atomic E-state index is 0.0235. The topological polar surface area (TPSA) is 68.8 Å². The van der Waals surface area contributed by atoms with Crippen molar-refractivity contribution in [2.45, 2.75) is 0 Å². The first-order valence-electron chi connectivity index (χ1n) is 7.38. The van der Waals surface area contributed by atoms with Gasteiger partial charge in [-0.1, -0.05) is 0 Å². The zero-order valence-electron chi connectivity index (χ0n) is 13.8. The minimum atomic E-state index is -0.799. The Hall–Kier alpha value is -3.03. The Morgan fingerprint density at radius 1 is 1.04 bits per heavy atom. The van der Waals surface area contributed by atoms with Crippen LogP contribution < -0.4 is 24.8 Å². The molecular formula is C17H18F2N2O4. The van der Waals surface area contributed by atoms with E-state index in [1.165, 1.54) is 20.3 Å². The van der Waals surface area contributed by atoms with Gasteiger partial charge in [0.2, 0.25) is 0 Å². The molecule has 2 aromatic rings. The molecule has 0 aromatic heterocycles. The molecule has 8 heteroatoms. The fourth-order valence-electron chi connectivity index (χ4n) is 1.99. The van der Waals surface area contributed by atoms with E-state index in [0.717, 1.165) is 12.1 Å². The lowest BCUT2D eigenvalue weighted by Gasteiger charge is -2.13. The summed E-state index contributed by atoms with van der Waals surface area (Å²) >= 11 is 0. The highest BCUT2D eigenvalue weighted by Gasteiger charge is 2.09. The summed E-state index contributed by atoms with van der Waals surface area (Å²) in [7, 11) is 3.00. The van der Waals surface area contributed by atoms with Gasteiger partial charge in [-0.15, -0.1) is 0 Å². The predicted octanol–water partition coefficient (Wildman–Crippen LogP) is 3.18. The molecule has 0 heterocycles. The van der Waals surface area contributed by atoms with Gasteiger partial charge in [-0.3, -0.25) is 0 Å². The summed E-state index contributed by atoms with van der Waals surface area (Å²) in [5, 5.41) is 5.17. The molecule has 0 aliphatic heterocycles. The van der Waals surface area contributed by atoms with Crippen LogP contribution in [0.1, 0.15) is 0 Å². The van der Waals surface area contributed by atoms with E-state index in [1.807, 2.05) is 0 Å². The number of nitrogens with one attached hydrogen (secondary N) is 2. The molecule has 2 N–H and O–H groups in total. The monoisotopic (exact) mass is 352 g/mol. The first-order valence-corrected chi connectivity index (χ1v) is 7.38. The number of halogens is 2. The van der Waals surface area contributed by atoms with E-state index in [1.54, 1.807) is 18.2 Å². The third kappa shape index (κ3) is 5.23. The molecule has 2 amide bonds. The lowest BCUT2D eigenvalue weighted by atomic mass is 10.2. The average Bonchev–Trinajstić information content (AvgIpc) is 2.60. The largest absolute Gasteiger partial charge is 0.497 e. The highest BCUT2D eigenvalue weighted by molar-refractivity contribution is 5.91.